The van der Waals surface area contributed by atoms with Crippen molar-refractivity contribution >= 4 is 39.9 Å². The highest BCUT2D eigenvalue weighted by Gasteiger charge is 2.19. The normalized spacial score (nSPS) is 13.0. The van der Waals surface area contributed by atoms with Crippen LogP contribution in [0.15, 0.2) is 18.2 Å². The summed E-state index contributed by atoms with van der Waals surface area (Å²) in [5, 5.41) is 1.73. The van der Waals surface area contributed by atoms with Gasteiger partial charge in [-0.15, -0.1) is 11.3 Å². The Balaban J connectivity index is 2.18. The van der Waals surface area contributed by atoms with E-state index < -0.39 is 0 Å². The molecule has 0 saturated heterocycles. The van der Waals surface area contributed by atoms with Gasteiger partial charge < -0.3 is 10.3 Å². The third kappa shape index (κ3) is 2.07. The summed E-state index contributed by atoms with van der Waals surface area (Å²) in [6.07, 6.45) is 0. The van der Waals surface area contributed by atoms with E-state index in [2.05, 4.69) is 16.9 Å². The number of thiazole rings is 1. The highest BCUT2D eigenvalue weighted by atomic mass is 35.5. The lowest BCUT2D eigenvalue weighted by molar-refractivity contribution is 0.674. The minimum Gasteiger partial charge on any atom is -0.369 e. The molecule has 20 heavy (non-hydrogen) atoms. The second-order valence-corrected chi connectivity index (χ2v) is 6.50. The zero-order chi connectivity index (χ0) is 14.4. The van der Waals surface area contributed by atoms with Gasteiger partial charge in [0.05, 0.1) is 32.7 Å². The Hall–Kier alpha value is -1.59. The molecule has 2 aromatic heterocycles. The van der Waals surface area contributed by atoms with E-state index in [0.717, 1.165) is 21.7 Å². The van der Waals surface area contributed by atoms with Crippen molar-refractivity contribution in [1.29, 1.82) is 0 Å². The summed E-state index contributed by atoms with van der Waals surface area (Å²) < 4.78 is 2.03. The number of fused-ring (bicyclic) bond motifs is 1. The maximum atomic E-state index is 6.09. The fourth-order valence-electron chi connectivity index (χ4n) is 2.55. The Kier molecular flexibility index (Phi) is 3.18. The van der Waals surface area contributed by atoms with Crippen LogP contribution in [0, 0.1) is 13.8 Å². The molecule has 0 saturated carbocycles. The number of aryl methyl sites for hydroxylation is 2. The molecule has 0 amide bonds. The van der Waals surface area contributed by atoms with Crippen molar-refractivity contribution in [2.24, 2.45) is 0 Å². The largest absolute Gasteiger partial charge is 0.369 e. The fourth-order valence-corrected chi connectivity index (χ4v) is 3.69. The van der Waals surface area contributed by atoms with Crippen LogP contribution in [0.25, 0.3) is 11.0 Å². The van der Waals surface area contributed by atoms with Crippen LogP contribution >= 0.6 is 22.9 Å². The summed E-state index contributed by atoms with van der Waals surface area (Å²) in [5.41, 5.74) is 8.95. The molecule has 2 N–H and O–H groups in total. The van der Waals surface area contributed by atoms with Crippen LogP contribution in [0.1, 0.15) is 28.5 Å². The van der Waals surface area contributed by atoms with E-state index in [9.17, 15) is 0 Å². The molecule has 0 aliphatic rings. The monoisotopic (exact) mass is 306 g/mol. The minimum atomic E-state index is 0.104. The fraction of sp³-hybridized carbons (Fsp3) is 0.286. The Morgan fingerprint density at radius 1 is 1.30 bits per heavy atom. The summed E-state index contributed by atoms with van der Waals surface area (Å²) >= 11 is 7.71. The number of anilines is 1. The van der Waals surface area contributed by atoms with Crippen molar-refractivity contribution in [3.8, 4) is 0 Å². The first-order chi connectivity index (χ1) is 9.47. The highest BCUT2D eigenvalue weighted by Crippen LogP contribution is 2.32. The molecule has 6 heteroatoms. The summed E-state index contributed by atoms with van der Waals surface area (Å²) in [5.74, 6) is 0.500. The van der Waals surface area contributed by atoms with E-state index in [4.69, 9.17) is 17.3 Å². The number of imidazole rings is 1. The van der Waals surface area contributed by atoms with Crippen LogP contribution in [0.3, 0.4) is 0 Å². The molecule has 0 fully saturated rings. The molecule has 3 aromatic rings. The molecule has 104 valence electrons. The van der Waals surface area contributed by atoms with Crippen LogP contribution in [0.2, 0.25) is 5.02 Å². The number of aromatic nitrogens is 3. The van der Waals surface area contributed by atoms with Crippen molar-refractivity contribution in [2.75, 3.05) is 5.73 Å². The number of nitrogens with two attached hydrogens (primary N) is 1. The number of rotatable bonds is 2. The molecule has 0 spiro atoms. The maximum Gasteiger partial charge on any atom is 0.201 e. The van der Waals surface area contributed by atoms with Gasteiger partial charge in [0.2, 0.25) is 5.95 Å². The van der Waals surface area contributed by atoms with Crippen molar-refractivity contribution in [1.82, 2.24) is 14.5 Å². The predicted molar refractivity (Wildman–Crippen MR) is 84.6 cm³/mol. The van der Waals surface area contributed by atoms with Crippen LogP contribution in [-0.2, 0) is 0 Å². The molecule has 4 nitrogen and oxygen atoms in total. The molecule has 0 aliphatic carbocycles. The molecule has 0 radical (unpaired) electrons. The summed E-state index contributed by atoms with van der Waals surface area (Å²) in [6, 6.07) is 5.76. The Labute approximate surface area is 126 Å². The first-order valence-electron chi connectivity index (χ1n) is 6.34. The van der Waals surface area contributed by atoms with Gasteiger partial charge in [-0.25, -0.2) is 9.97 Å². The second-order valence-electron chi connectivity index (χ2n) is 4.83. The Morgan fingerprint density at radius 2 is 2.05 bits per heavy atom. The number of hydrogen-bond acceptors (Lipinski definition) is 4. The standard InChI is InChI=1S/C14H15ClN4S/c1-7-13(20-9(3)17-7)8(2)19-12-5-4-10(15)6-11(12)18-14(19)16/h4-6,8H,1-3H3,(H2,16,18). The number of nitrogens with zero attached hydrogens (tertiary/aromatic N) is 3. The highest BCUT2D eigenvalue weighted by molar-refractivity contribution is 7.11. The van der Waals surface area contributed by atoms with Crippen molar-refractivity contribution in [3.63, 3.8) is 0 Å². The van der Waals surface area contributed by atoms with Crippen molar-refractivity contribution in [2.45, 2.75) is 26.8 Å². The van der Waals surface area contributed by atoms with Gasteiger partial charge in [0.25, 0.3) is 0 Å². The molecule has 0 bridgehead atoms. The van der Waals surface area contributed by atoms with Gasteiger partial charge in [-0.05, 0) is 39.0 Å². The zero-order valence-corrected chi connectivity index (χ0v) is 13.1. The SMILES string of the molecule is Cc1nc(C)c(C(C)n2c(N)nc3cc(Cl)ccc32)s1. The van der Waals surface area contributed by atoms with Crippen molar-refractivity contribution in [3.05, 3.63) is 38.8 Å². The third-order valence-corrected chi connectivity index (χ3v) is 4.86. The number of benzene rings is 1. The van der Waals surface area contributed by atoms with Gasteiger partial charge >= 0.3 is 0 Å². The Bertz CT molecular complexity index is 790. The molecule has 0 aliphatic heterocycles. The lowest BCUT2D eigenvalue weighted by atomic mass is 10.2. The van der Waals surface area contributed by atoms with Gasteiger partial charge in [-0.3, -0.25) is 0 Å². The summed E-state index contributed by atoms with van der Waals surface area (Å²) in [6.45, 7) is 6.16. The zero-order valence-electron chi connectivity index (χ0n) is 11.5. The summed E-state index contributed by atoms with van der Waals surface area (Å²) in [4.78, 5) is 10.1. The maximum absolute atomic E-state index is 6.09. The average Bonchev–Trinajstić information content (AvgIpc) is 2.87. The number of nitrogen functional groups attached to an aromatic ring is 1. The van der Waals surface area contributed by atoms with E-state index in [1.807, 2.05) is 36.6 Å². The number of halogens is 1. The molecule has 3 rings (SSSR count). The smallest absolute Gasteiger partial charge is 0.201 e. The van der Waals surface area contributed by atoms with Crippen LogP contribution < -0.4 is 5.73 Å². The summed E-state index contributed by atoms with van der Waals surface area (Å²) in [7, 11) is 0. The molecule has 1 aromatic carbocycles. The van der Waals surface area contributed by atoms with Crippen LogP contribution in [0.4, 0.5) is 5.95 Å². The van der Waals surface area contributed by atoms with E-state index in [1.165, 1.54) is 4.88 Å². The van der Waals surface area contributed by atoms with Gasteiger partial charge in [-0.1, -0.05) is 11.6 Å². The van der Waals surface area contributed by atoms with E-state index in [0.29, 0.717) is 11.0 Å². The third-order valence-electron chi connectivity index (χ3n) is 3.38. The first-order valence-corrected chi connectivity index (χ1v) is 7.53. The Morgan fingerprint density at radius 3 is 2.70 bits per heavy atom. The van der Waals surface area contributed by atoms with Gasteiger partial charge in [0.1, 0.15) is 0 Å². The van der Waals surface area contributed by atoms with Gasteiger partial charge in [0.15, 0.2) is 0 Å². The van der Waals surface area contributed by atoms with Crippen LogP contribution in [-0.4, -0.2) is 14.5 Å². The van der Waals surface area contributed by atoms with Gasteiger partial charge in [0, 0.05) is 5.02 Å². The van der Waals surface area contributed by atoms with E-state index in [1.54, 1.807) is 11.3 Å². The van der Waals surface area contributed by atoms with Crippen molar-refractivity contribution < 1.29 is 0 Å². The lowest BCUT2D eigenvalue weighted by Crippen LogP contribution is -2.09. The molecule has 1 unspecified atom stereocenters. The quantitative estimate of drug-likeness (QED) is 0.780. The molecule has 2 heterocycles. The first kappa shape index (κ1) is 13.4. The lowest BCUT2D eigenvalue weighted by Gasteiger charge is -2.15. The molecular formula is C14H15ClN4S. The number of hydrogen-bond donors (Lipinski definition) is 1. The predicted octanol–water partition coefficient (Wildman–Crippen LogP) is 3.95. The second kappa shape index (κ2) is 4.75. The van der Waals surface area contributed by atoms with E-state index >= 15 is 0 Å². The molecule has 1 atom stereocenters. The van der Waals surface area contributed by atoms with E-state index in [-0.39, 0.29) is 6.04 Å². The van der Waals surface area contributed by atoms with Crippen LogP contribution in [0.5, 0.6) is 0 Å². The topological polar surface area (TPSA) is 56.7 Å². The van der Waals surface area contributed by atoms with Gasteiger partial charge in [-0.2, -0.15) is 0 Å². The molecular weight excluding hydrogens is 292 g/mol. The average molecular weight is 307 g/mol. The minimum absolute atomic E-state index is 0.104.